The Morgan fingerprint density at radius 3 is 2.74 bits per heavy atom. The predicted molar refractivity (Wildman–Crippen MR) is 94.0 cm³/mol. The number of ether oxygens (including phenoxy) is 1. The lowest BCUT2D eigenvalue weighted by molar-refractivity contribution is 0.274. The zero-order valence-corrected chi connectivity index (χ0v) is 15.9. The molecule has 1 fully saturated rings. The van der Waals surface area contributed by atoms with Crippen LogP contribution in [0.25, 0.3) is 0 Å². The van der Waals surface area contributed by atoms with E-state index < -0.39 is 10.2 Å². The number of nitrogens with one attached hydrogen (secondary N) is 1. The van der Waals surface area contributed by atoms with Crippen LogP contribution in [0.4, 0.5) is 5.69 Å². The van der Waals surface area contributed by atoms with E-state index >= 15 is 0 Å². The highest BCUT2D eigenvalue weighted by Gasteiger charge is 2.26. The first-order valence-electron chi connectivity index (χ1n) is 7.59. The van der Waals surface area contributed by atoms with Gasteiger partial charge in [0.25, 0.3) is 0 Å². The topological polar surface area (TPSA) is 74.8 Å². The van der Waals surface area contributed by atoms with E-state index in [0.29, 0.717) is 35.7 Å². The van der Waals surface area contributed by atoms with E-state index in [1.165, 1.54) is 4.31 Å². The Labute approximate surface area is 146 Å². The lowest BCUT2D eigenvalue weighted by atomic mass is 10.4. The van der Waals surface area contributed by atoms with Crippen molar-refractivity contribution >= 4 is 31.8 Å². The van der Waals surface area contributed by atoms with Gasteiger partial charge >= 0.3 is 10.2 Å². The summed E-state index contributed by atoms with van der Waals surface area (Å²) in [7, 11) is 0.425. The predicted octanol–water partition coefficient (Wildman–Crippen LogP) is 1.93. The lowest BCUT2D eigenvalue weighted by Crippen LogP contribution is -2.33. The molecule has 2 heterocycles. The summed E-state index contributed by atoms with van der Waals surface area (Å²) in [5, 5.41) is 0. The average molecular weight is 407 g/mol. The normalized spacial score (nSPS) is 16.0. The highest BCUT2D eigenvalue weighted by atomic mass is 79.9. The van der Waals surface area contributed by atoms with Crippen molar-refractivity contribution in [3.63, 3.8) is 0 Å². The summed E-state index contributed by atoms with van der Waals surface area (Å²) in [6.45, 7) is 2.47. The van der Waals surface area contributed by atoms with E-state index in [9.17, 15) is 8.42 Å². The van der Waals surface area contributed by atoms with E-state index in [0.717, 1.165) is 25.8 Å². The molecule has 9 heteroatoms. The molecular weight excluding hydrogens is 384 g/mol. The van der Waals surface area contributed by atoms with Gasteiger partial charge in [0.2, 0.25) is 5.88 Å². The minimum absolute atomic E-state index is 0.301. The third kappa shape index (κ3) is 5.59. The maximum atomic E-state index is 12.4. The third-order valence-corrected chi connectivity index (χ3v) is 5.41. The second-order valence-corrected chi connectivity index (χ2v) is 8.31. The summed E-state index contributed by atoms with van der Waals surface area (Å²) in [6, 6.07) is 1.67. The molecule has 0 amide bonds. The van der Waals surface area contributed by atoms with Crippen LogP contribution >= 0.6 is 15.9 Å². The quantitative estimate of drug-likeness (QED) is 0.667. The standard InChI is InChI=1S/C14H23BrN4O3S/c1-18(2)6-5-9-22-14-13(10-12(15)11-16-14)17-23(20,21)19-7-3-4-8-19/h10-11,17H,3-9H2,1-2H3. The van der Waals surface area contributed by atoms with Crippen LogP contribution in [0.15, 0.2) is 16.7 Å². The molecule has 0 unspecified atom stereocenters. The van der Waals surface area contributed by atoms with E-state index in [-0.39, 0.29) is 0 Å². The summed E-state index contributed by atoms with van der Waals surface area (Å²) in [4.78, 5) is 6.24. The molecule has 0 aromatic carbocycles. The summed E-state index contributed by atoms with van der Waals surface area (Å²) in [5.74, 6) is 0.301. The van der Waals surface area contributed by atoms with Crippen LogP contribution in [-0.2, 0) is 10.2 Å². The molecule has 1 aromatic rings. The zero-order valence-electron chi connectivity index (χ0n) is 13.5. The molecular formula is C14H23BrN4O3S. The van der Waals surface area contributed by atoms with Gasteiger partial charge in [-0.05, 0) is 55.4 Å². The van der Waals surface area contributed by atoms with Crippen LogP contribution in [0.2, 0.25) is 0 Å². The number of anilines is 1. The molecule has 0 saturated carbocycles. The number of hydrogen-bond acceptors (Lipinski definition) is 5. The Bertz CT molecular complexity index is 618. The maximum absolute atomic E-state index is 12.4. The van der Waals surface area contributed by atoms with Crippen molar-refractivity contribution in [1.29, 1.82) is 0 Å². The fraction of sp³-hybridized carbons (Fsp3) is 0.643. The second kappa shape index (κ2) is 8.27. The van der Waals surface area contributed by atoms with Gasteiger partial charge in [-0.15, -0.1) is 0 Å². The molecule has 7 nitrogen and oxygen atoms in total. The summed E-state index contributed by atoms with van der Waals surface area (Å²) in [5.41, 5.74) is 0.358. The molecule has 1 aliphatic heterocycles. The highest BCUT2D eigenvalue weighted by molar-refractivity contribution is 9.10. The second-order valence-electron chi connectivity index (χ2n) is 5.72. The molecule has 0 aliphatic carbocycles. The fourth-order valence-corrected chi connectivity index (χ4v) is 3.92. The van der Waals surface area contributed by atoms with Gasteiger partial charge in [-0.2, -0.15) is 12.7 Å². The molecule has 130 valence electrons. The molecule has 0 atom stereocenters. The average Bonchev–Trinajstić information content (AvgIpc) is 3.00. The maximum Gasteiger partial charge on any atom is 0.301 e. The van der Waals surface area contributed by atoms with E-state index in [4.69, 9.17) is 4.74 Å². The monoisotopic (exact) mass is 406 g/mol. The first-order valence-corrected chi connectivity index (χ1v) is 9.83. The van der Waals surface area contributed by atoms with Gasteiger partial charge in [-0.3, -0.25) is 4.72 Å². The molecule has 0 radical (unpaired) electrons. The molecule has 1 aliphatic rings. The molecule has 1 saturated heterocycles. The number of pyridine rings is 1. The SMILES string of the molecule is CN(C)CCCOc1ncc(Br)cc1NS(=O)(=O)N1CCCC1. The molecule has 23 heavy (non-hydrogen) atoms. The number of nitrogens with zero attached hydrogens (tertiary/aromatic N) is 3. The minimum atomic E-state index is -3.56. The Morgan fingerprint density at radius 2 is 2.09 bits per heavy atom. The summed E-state index contributed by atoms with van der Waals surface area (Å²) < 4.78 is 35.2. The van der Waals surface area contributed by atoms with Crippen molar-refractivity contribution in [1.82, 2.24) is 14.2 Å². The third-order valence-electron chi connectivity index (χ3n) is 3.45. The summed E-state index contributed by atoms with van der Waals surface area (Å²) >= 11 is 3.32. The number of halogens is 1. The van der Waals surface area contributed by atoms with Crippen LogP contribution in [0.5, 0.6) is 5.88 Å². The first kappa shape index (κ1) is 18.4. The van der Waals surface area contributed by atoms with E-state index in [1.54, 1.807) is 12.3 Å². The fourth-order valence-electron chi connectivity index (χ4n) is 2.30. The Balaban J connectivity index is 2.06. The Kier molecular flexibility index (Phi) is 6.63. The van der Waals surface area contributed by atoms with Crippen LogP contribution in [-0.4, -0.2) is 62.9 Å². The van der Waals surface area contributed by atoms with Gasteiger partial charge in [0, 0.05) is 30.3 Å². The molecule has 0 bridgehead atoms. The molecule has 1 N–H and O–H groups in total. The summed E-state index contributed by atoms with van der Waals surface area (Å²) in [6.07, 6.45) is 4.22. The van der Waals surface area contributed by atoms with Crippen molar-refractivity contribution in [3.05, 3.63) is 16.7 Å². The van der Waals surface area contributed by atoms with Gasteiger partial charge in [-0.25, -0.2) is 4.98 Å². The van der Waals surface area contributed by atoms with Crippen LogP contribution in [0.1, 0.15) is 19.3 Å². The largest absolute Gasteiger partial charge is 0.476 e. The van der Waals surface area contributed by atoms with Gasteiger partial charge in [0.05, 0.1) is 6.61 Å². The minimum Gasteiger partial charge on any atom is -0.476 e. The van der Waals surface area contributed by atoms with Crippen LogP contribution in [0, 0.1) is 0 Å². The smallest absolute Gasteiger partial charge is 0.301 e. The number of rotatable bonds is 8. The van der Waals surface area contributed by atoms with Crippen molar-refractivity contribution in [2.24, 2.45) is 0 Å². The Hall–Kier alpha value is -0.900. The van der Waals surface area contributed by atoms with Crippen LogP contribution < -0.4 is 9.46 Å². The van der Waals surface area contributed by atoms with Crippen molar-refractivity contribution < 1.29 is 13.2 Å². The van der Waals surface area contributed by atoms with E-state index in [2.05, 4.69) is 30.5 Å². The highest BCUT2D eigenvalue weighted by Crippen LogP contribution is 2.27. The molecule has 2 rings (SSSR count). The van der Waals surface area contributed by atoms with Crippen molar-refractivity contribution in [2.45, 2.75) is 19.3 Å². The van der Waals surface area contributed by atoms with Crippen LogP contribution in [0.3, 0.4) is 0 Å². The van der Waals surface area contributed by atoms with Gasteiger partial charge < -0.3 is 9.64 Å². The lowest BCUT2D eigenvalue weighted by Gasteiger charge is -2.18. The molecule has 1 aromatic heterocycles. The first-order chi connectivity index (χ1) is 10.9. The van der Waals surface area contributed by atoms with Gasteiger partial charge in [-0.1, -0.05) is 0 Å². The zero-order chi connectivity index (χ0) is 16.9. The molecule has 0 spiro atoms. The van der Waals surface area contributed by atoms with Gasteiger partial charge in [0.15, 0.2) is 0 Å². The van der Waals surface area contributed by atoms with Crippen molar-refractivity contribution in [2.75, 3.05) is 45.1 Å². The number of aromatic nitrogens is 1. The van der Waals surface area contributed by atoms with Gasteiger partial charge in [0.1, 0.15) is 5.69 Å². The number of hydrogen-bond donors (Lipinski definition) is 1. The Morgan fingerprint density at radius 1 is 1.39 bits per heavy atom. The van der Waals surface area contributed by atoms with Crippen molar-refractivity contribution in [3.8, 4) is 5.88 Å². The van der Waals surface area contributed by atoms with E-state index in [1.807, 2.05) is 14.1 Å².